The van der Waals surface area contributed by atoms with Gasteiger partial charge in [-0.25, -0.2) is 0 Å². The molecule has 1 aromatic carbocycles. The van der Waals surface area contributed by atoms with E-state index in [1.54, 1.807) is 0 Å². The van der Waals surface area contributed by atoms with E-state index < -0.39 is 0 Å². The molecular formula is C19H28N2O2. The Balaban J connectivity index is 1.82. The molecule has 126 valence electrons. The van der Waals surface area contributed by atoms with Gasteiger partial charge in [0.05, 0.1) is 13.2 Å². The van der Waals surface area contributed by atoms with Gasteiger partial charge >= 0.3 is 0 Å². The summed E-state index contributed by atoms with van der Waals surface area (Å²) in [6.45, 7) is 9.26. The van der Waals surface area contributed by atoms with Crippen LogP contribution in [0.3, 0.4) is 0 Å². The van der Waals surface area contributed by atoms with E-state index in [2.05, 4.69) is 35.2 Å². The van der Waals surface area contributed by atoms with Gasteiger partial charge in [-0.1, -0.05) is 44.2 Å². The van der Waals surface area contributed by atoms with E-state index in [0.29, 0.717) is 0 Å². The molecule has 4 nitrogen and oxygen atoms in total. The molecule has 0 aromatic heterocycles. The van der Waals surface area contributed by atoms with Gasteiger partial charge in [0.2, 0.25) is 5.91 Å². The number of piperidine rings is 1. The maximum Gasteiger partial charge on any atom is 0.225 e. The Bertz CT molecular complexity index is 515. The molecule has 1 amide bonds. The summed E-state index contributed by atoms with van der Waals surface area (Å²) in [5.74, 6) is 0.372. The second kappa shape index (κ2) is 7.02. The highest BCUT2D eigenvalue weighted by Crippen LogP contribution is 2.39. The number of rotatable bonds is 3. The highest BCUT2D eigenvalue weighted by molar-refractivity contribution is 5.78. The molecule has 0 saturated carbocycles. The molecule has 2 aliphatic rings. The van der Waals surface area contributed by atoms with Gasteiger partial charge in [0, 0.05) is 37.6 Å². The predicted octanol–water partition coefficient (Wildman–Crippen LogP) is 2.49. The van der Waals surface area contributed by atoms with Gasteiger partial charge in [-0.3, -0.25) is 9.69 Å². The topological polar surface area (TPSA) is 32.8 Å². The van der Waals surface area contributed by atoms with Crippen molar-refractivity contribution in [2.75, 3.05) is 39.4 Å². The lowest BCUT2D eigenvalue weighted by Crippen LogP contribution is -2.57. The Hall–Kier alpha value is -1.39. The Labute approximate surface area is 139 Å². The van der Waals surface area contributed by atoms with E-state index >= 15 is 0 Å². The Kier molecular flexibility index (Phi) is 5.02. The van der Waals surface area contributed by atoms with Gasteiger partial charge in [-0.15, -0.1) is 0 Å². The average Bonchev–Trinajstić information content (AvgIpc) is 2.62. The number of morpholine rings is 1. The number of hydrogen-bond donors (Lipinski definition) is 0. The van der Waals surface area contributed by atoms with Crippen LogP contribution in [-0.4, -0.2) is 55.1 Å². The van der Waals surface area contributed by atoms with Crippen molar-refractivity contribution >= 4 is 5.91 Å². The summed E-state index contributed by atoms with van der Waals surface area (Å²) in [5.41, 5.74) is 1.44. The first-order valence-corrected chi connectivity index (χ1v) is 8.80. The predicted molar refractivity (Wildman–Crippen MR) is 91.2 cm³/mol. The van der Waals surface area contributed by atoms with Crippen LogP contribution < -0.4 is 0 Å². The van der Waals surface area contributed by atoms with Crippen molar-refractivity contribution in [1.29, 1.82) is 0 Å². The highest BCUT2D eigenvalue weighted by atomic mass is 16.5. The number of amides is 1. The van der Waals surface area contributed by atoms with E-state index in [0.717, 1.165) is 52.2 Å². The summed E-state index contributed by atoms with van der Waals surface area (Å²) in [4.78, 5) is 16.9. The van der Waals surface area contributed by atoms with Gasteiger partial charge in [0.25, 0.3) is 0 Å². The minimum atomic E-state index is 0.0544. The Morgan fingerprint density at radius 3 is 2.22 bits per heavy atom. The molecule has 0 radical (unpaired) electrons. The van der Waals surface area contributed by atoms with E-state index in [-0.39, 0.29) is 17.4 Å². The van der Waals surface area contributed by atoms with Gasteiger partial charge in [0.1, 0.15) is 0 Å². The van der Waals surface area contributed by atoms with Crippen molar-refractivity contribution in [2.24, 2.45) is 5.92 Å². The lowest BCUT2D eigenvalue weighted by molar-refractivity contribution is -0.138. The van der Waals surface area contributed by atoms with Crippen LogP contribution in [0.15, 0.2) is 30.3 Å². The number of nitrogens with zero attached hydrogens (tertiary/aromatic N) is 2. The Morgan fingerprint density at radius 1 is 1.04 bits per heavy atom. The smallest absolute Gasteiger partial charge is 0.225 e. The molecule has 0 spiro atoms. The maximum absolute atomic E-state index is 12.3. The number of carbonyl (C=O) groups excluding carboxylic acids is 1. The van der Waals surface area contributed by atoms with Crippen LogP contribution >= 0.6 is 0 Å². The van der Waals surface area contributed by atoms with Crippen molar-refractivity contribution in [1.82, 2.24) is 9.80 Å². The molecule has 3 rings (SSSR count). The zero-order valence-electron chi connectivity index (χ0n) is 14.3. The zero-order valence-corrected chi connectivity index (χ0v) is 14.3. The molecule has 2 saturated heterocycles. The van der Waals surface area contributed by atoms with Crippen LogP contribution in [0.25, 0.3) is 0 Å². The number of benzene rings is 1. The second-order valence-corrected chi connectivity index (χ2v) is 6.98. The molecule has 0 unspecified atom stereocenters. The maximum atomic E-state index is 12.3. The molecule has 0 aliphatic carbocycles. The van der Waals surface area contributed by atoms with Crippen LogP contribution in [0.2, 0.25) is 0 Å². The van der Waals surface area contributed by atoms with E-state index in [1.807, 2.05) is 18.7 Å². The largest absolute Gasteiger partial charge is 0.379 e. The second-order valence-electron chi connectivity index (χ2n) is 6.98. The van der Waals surface area contributed by atoms with Gasteiger partial charge in [0.15, 0.2) is 0 Å². The third kappa shape index (κ3) is 3.29. The van der Waals surface area contributed by atoms with Crippen molar-refractivity contribution in [3.05, 3.63) is 35.9 Å². The molecule has 2 aliphatic heterocycles. The quantitative estimate of drug-likeness (QED) is 0.859. The average molecular weight is 316 g/mol. The fraction of sp³-hybridized carbons (Fsp3) is 0.632. The normalized spacial score (nSPS) is 22.3. The number of ether oxygens (including phenoxy) is 1. The molecule has 2 heterocycles. The molecule has 4 heteroatoms. The first-order valence-electron chi connectivity index (χ1n) is 8.80. The summed E-state index contributed by atoms with van der Waals surface area (Å²) in [6, 6.07) is 10.8. The SMILES string of the molecule is CC(C)C(=O)N1CCC(c2ccccc2)(N2CCOCC2)CC1. The standard InChI is InChI=1S/C19H28N2O2/c1-16(2)18(22)20-10-8-19(9-11-20,17-6-4-3-5-7-17)21-12-14-23-15-13-21/h3-7,16H,8-15H2,1-2H3. The summed E-state index contributed by atoms with van der Waals surface area (Å²) in [5, 5.41) is 0. The summed E-state index contributed by atoms with van der Waals surface area (Å²) >= 11 is 0. The third-order valence-corrected chi connectivity index (χ3v) is 5.32. The molecule has 1 aromatic rings. The number of likely N-dealkylation sites (tertiary alicyclic amines) is 1. The van der Waals surface area contributed by atoms with Gasteiger partial charge in [-0.2, -0.15) is 0 Å². The first kappa shape index (κ1) is 16.5. The molecule has 2 fully saturated rings. The molecule has 23 heavy (non-hydrogen) atoms. The lowest BCUT2D eigenvalue weighted by Gasteiger charge is -2.50. The monoisotopic (exact) mass is 316 g/mol. The van der Waals surface area contributed by atoms with Crippen LogP contribution in [0.4, 0.5) is 0 Å². The summed E-state index contributed by atoms with van der Waals surface area (Å²) in [7, 11) is 0. The highest BCUT2D eigenvalue weighted by Gasteiger charge is 2.42. The van der Waals surface area contributed by atoms with Crippen molar-refractivity contribution < 1.29 is 9.53 Å². The van der Waals surface area contributed by atoms with Gasteiger partial charge in [-0.05, 0) is 18.4 Å². The fourth-order valence-corrected chi connectivity index (χ4v) is 3.99. The van der Waals surface area contributed by atoms with Crippen LogP contribution in [0.1, 0.15) is 32.3 Å². The van der Waals surface area contributed by atoms with Crippen LogP contribution in [-0.2, 0) is 15.1 Å². The molecule has 0 bridgehead atoms. The van der Waals surface area contributed by atoms with Gasteiger partial charge < -0.3 is 9.64 Å². The molecule has 0 atom stereocenters. The van der Waals surface area contributed by atoms with Crippen LogP contribution in [0, 0.1) is 5.92 Å². The molecular weight excluding hydrogens is 288 g/mol. The minimum absolute atomic E-state index is 0.0544. The Morgan fingerprint density at radius 2 is 1.65 bits per heavy atom. The number of hydrogen-bond acceptors (Lipinski definition) is 3. The van der Waals surface area contributed by atoms with E-state index in [4.69, 9.17) is 4.74 Å². The fourth-order valence-electron chi connectivity index (χ4n) is 3.99. The third-order valence-electron chi connectivity index (χ3n) is 5.32. The van der Waals surface area contributed by atoms with Crippen molar-refractivity contribution in [2.45, 2.75) is 32.2 Å². The van der Waals surface area contributed by atoms with E-state index in [1.165, 1.54) is 5.56 Å². The molecule has 0 N–H and O–H groups in total. The minimum Gasteiger partial charge on any atom is -0.379 e. The van der Waals surface area contributed by atoms with Crippen molar-refractivity contribution in [3.63, 3.8) is 0 Å². The summed E-state index contributed by atoms with van der Waals surface area (Å²) in [6.07, 6.45) is 2.02. The lowest BCUT2D eigenvalue weighted by atomic mass is 9.78. The van der Waals surface area contributed by atoms with Crippen molar-refractivity contribution in [3.8, 4) is 0 Å². The first-order chi connectivity index (χ1) is 11.1. The summed E-state index contributed by atoms with van der Waals surface area (Å²) < 4.78 is 5.56. The van der Waals surface area contributed by atoms with E-state index in [9.17, 15) is 4.79 Å². The zero-order chi connectivity index (χ0) is 16.3. The van der Waals surface area contributed by atoms with Crippen LogP contribution in [0.5, 0.6) is 0 Å². The number of carbonyl (C=O) groups is 1.